The topological polar surface area (TPSA) is 82.0 Å². The fourth-order valence-corrected chi connectivity index (χ4v) is 1.40. The van der Waals surface area contributed by atoms with Crippen molar-refractivity contribution in [3.8, 4) is 11.3 Å². The second-order valence-electron chi connectivity index (χ2n) is 3.25. The summed E-state index contributed by atoms with van der Waals surface area (Å²) < 4.78 is 0. The highest BCUT2D eigenvalue weighted by atomic mass is 16.6. The summed E-state index contributed by atoms with van der Waals surface area (Å²) in [4.78, 5) is 14.2. The van der Waals surface area contributed by atoms with Crippen LogP contribution in [0.25, 0.3) is 11.3 Å². The van der Waals surface area contributed by atoms with Crippen molar-refractivity contribution in [2.45, 2.75) is 0 Å². The summed E-state index contributed by atoms with van der Waals surface area (Å²) in [6.07, 6.45) is 1.63. The van der Waals surface area contributed by atoms with E-state index in [1.807, 2.05) is 0 Å². The number of anilines is 1. The number of non-ortho nitro benzene ring substituents is 1. The molecule has 2 aromatic rings. The Kier molecular flexibility index (Phi) is 2.51. The number of rotatable bonds is 2. The Balaban J connectivity index is 2.43. The Morgan fingerprint density at radius 2 is 1.88 bits per heavy atom. The predicted octanol–water partition coefficient (Wildman–Crippen LogP) is 2.24. The lowest BCUT2D eigenvalue weighted by Crippen LogP contribution is -1.93. The Morgan fingerprint density at radius 3 is 2.44 bits per heavy atom. The van der Waals surface area contributed by atoms with E-state index in [0.717, 1.165) is 5.56 Å². The molecule has 0 bridgehead atoms. The average molecular weight is 215 g/mol. The summed E-state index contributed by atoms with van der Waals surface area (Å²) in [5, 5.41) is 10.5. The number of aromatic nitrogens is 1. The van der Waals surface area contributed by atoms with Gasteiger partial charge in [-0.25, -0.2) is 0 Å². The third-order valence-corrected chi connectivity index (χ3v) is 2.19. The van der Waals surface area contributed by atoms with Gasteiger partial charge in [0.2, 0.25) is 0 Å². The monoisotopic (exact) mass is 215 g/mol. The molecule has 2 N–H and O–H groups in total. The smallest absolute Gasteiger partial charge is 0.269 e. The van der Waals surface area contributed by atoms with Crippen LogP contribution in [-0.4, -0.2) is 9.91 Å². The van der Waals surface area contributed by atoms with E-state index in [9.17, 15) is 10.1 Å². The summed E-state index contributed by atoms with van der Waals surface area (Å²) in [5.74, 6) is 0. The number of nitrogens with zero attached hydrogens (tertiary/aromatic N) is 2. The molecule has 0 atom stereocenters. The van der Waals surface area contributed by atoms with E-state index in [0.29, 0.717) is 11.4 Å². The van der Waals surface area contributed by atoms with Crippen LogP contribution in [0.5, 0.6) is 0 Å². The summed E-state index contributed by atoms with van der Waals surface area (Å²) in [6, 6.07) is 9.62. The number of nitrogens with two attached hydrogens (primary N) is 1. The molecule has 0 aliphatic heterocycles. The van der Waals surface area contributed by atoms with Gasteiger partial charge in [-0.15, -0.1) is 0 Å². The molecule has 5 nitrogen and oxygen atoms in total. The number of nitrogen functional groups attached to an aromatic ring is 1. The van der Waals surface area contributed by atoms with Crippen molar-refractivity contribution < 1.29 is 4.92 Å². The first-order valence-electron chi connectivity index (χ1n) is 4.64. The number of hydrogen-bond acceptors (Lipinski definition) is 4. The van der Waals surface area contributed by atoms with Crippen LogP contribution in [0.2, 0.25) is 0 Å². The maximum Gasteiger partial charge on any atom is 0.269 e. The minimum atomic E-state index is -0.439. The molecule has 0 fully saturated rings. The largest absolute Gasteiger partial charge is 0.397 e. The van der Waals surface area contributed by atoms with Crippen molar-refractivity contribution in [2.75, 3.05) is 5.73 Å². The highest BCUT2D eigenvalue weighted by molar-refractivity contribution is 5.72. The molecule has 0 aliphatic carbocycles. The van der Waals surface area contributed by atoms with E-state index < -0.39 is 4.92 Å². The molecular formula is C11H9N3O2. The predicted molar refractivity (Wildman–Crippen MR) is 60.7 cm³/mol. The number of hydrogen-bond donors (Lipinski definition) is 1. The van der Waals surface area contributed by atoms with Gasteiger partial charge in [0, 0.05) is 23.9 Å². The molecule has 5 heteroatoms. The van der Waals surface area contributed by atoms with Gasteiger partial charge >= 0.3 is 0 Å². The molecule has 0 amide bonds. The van der Waals surface area contributed by atoms with Gasteiger partial charge < -0.3 is 5.73 Å². The number of pyridine rings is 1. The van der Waals surface area contributed by atoms with Gasteiger partial charge in [0.25, 0.3) is 5.69 Å². The minimum Gasteiger partial charge on any atom is -0.397 e. The third-order valence-electron chi connectivity index (χ3n) is 2.19. The molecule has 16 heavy (non-hydrogen) atoms. The minimum absolute atomic E-state index is 0.0539. The van der Waals surface area contributed by atoms with E-state index in [1.54, 1.807) is 30.5 Å². The van der Waals surface area contributed by atoms with Crippen LogP contribution in [0.15, 0.2) is 42.6 Å². The Bertz CT molecular complexity index is 523. The molecule has 0 aliphatic rings. The van der Waals surface area contributed by atoms with Crippen LogP contribution in [0.4, 0.5) is 11.4 Å². The lowest BCUT2D eigenvalue weighted by Gasteiger charge is -2.03. The van der Waals surface area contributed by atoms with E-state index in [1.165, 1.54) is 12.1 Å². The fraction of sp³-hybridized carbons (Fsp3) is 0. The number of nitro benzene ring substituents is 1. The lowest BCUT2D eigenvalue weighted by atomic mass is 10.1. The van der Waals surface area contributed by atoms with E-state index >= 15 is 0 Å². The lowest BCUT2D eigenvalue weighted by molar-refractivity contribution is -0.384. The highest BCUT2D eigenvalue weighted by Crippen LogP contribution is 2.24. The summed E-state index contributed by atoms with van der Waals surface area (Å²) in [6.45, 7) is 0. The zero-order valence-electron chi connectivity index (χ0n) is 8.33. The maximum absolute atomic E-state index is 10.5. The van der Waals surface area contributed by atoms with E-state index in [-0.39, 0.29) is 5.69 Å². The van der Waals surface area contributed by atoms with Gasteiger partial charge in [-0.05, 0) is 24.3 Å². The molecule has 0 saturated heterocycles. The van der Waals surface area contributed by atoms with Crippen LogP contribution in [0.1, 0.15) is 0 Å². The van der Waals surface area contributed by atoms with Crippen molar-refractivity contribution in [2.24, 2.45) is 0 Å². The SMILES string of the molecule is Nc1cccnc1-c1ccc([N+](=O)[O-])cc1. The van der Waals surface area contributed by atoms with Crippen molar-refractivity contribution in [3.63, 3.8) is 0 Å². The fourth-order valence-electron chi connectivity index (χ4n) is 1.40. The van der Waals surface area contributed by atoms with Crippen molar-refractivity contribution in [1.82, 2.24) is 4.98 Å². The molecule has 1 aromatic heterocycles. The van der Waals surface area contributed by atoms with Crippen molar-refractivity contribution >= 4 is 11.4 Å². The van der Waals surface area contributed by atoms with Crippen LogP contribution >= 0.6 is 0 Å². The van der Waals surface area contributed by atoms with Gasteiger partial charge in [0.1, 0.15) is 0 Å². The number of nitro groups is 1. The maximum atomic E-state index is 10.5. The summed E-state index contributed by atoms with van der Waals surface area (Å²) in [5.41, 5.74) is 7.76. The average Bonchev–Trinajstić information content (AvgIpc) is 2.30. The Morgan fingerprint density at radius 1 is 1.19 bits per heavy atom. The third kappa shape index (κ3) is 1.83. The van der Waals surface area contributed by atoms with Gasteiger partial charge in [-0.3, -0.25) is 15.1 Å². The first kappa shape index (κ1) is 10.1. The molecule has 0 saturated carbocycles. The molecular weight excluding hydrogens is 206 g/mol. The molecule has 1 aromatic carbocycles. The molecule has 0 radical (unpaired) electrons. The van der Waals surface area contributed by atoms with E-state index in [2.05, 4.69) is 4.98 Å². The Hall–Kier alpha value is -2.43. The molecule has 0 unspecified atom stereocenters. The zero-order chi connectivity index (χ0) is 11.5. The van der Waals surface area contributed by atoms with Crippen LogP contribution < -0.4 is 5.73 Å². The first-order valence-corrected chi connectivity index (χ1v) is 4.64. The molecule has 80 valence electrons. The summed E-state index contributed by atoms with van der Waals surface area (Å²) >= 11 is 0. The summed E-state index contributed by atoms with van der Waals surface area (Å²) in [7, 11) is 0. The number of benzene rings is 1. The second-order valence-corrected chi connectivity index (χ2v) is 3.25. The van der Waals surface area contributed by atoms with Gasteiger partial charge in [0.05, 0.1) is 16.3 Å². The molecule has 2 rings (SSSR count). The van der Waals surface area contributed by atoms with E-state index in [4.69, 9.17) is 5.73 Å². The standard InChI is InChI=1S/C11H9N3O2/c12-10-2-1-7-13-11(10)8-3-5-9(6-4-8)14(15)16/h1-7H,12H2. The highest BCUT2D eigenvalue weighted by Gasteiger charge is 2.07. The normalized spacial score (nSPS) is 10.0. The van der Waals surface area contributed by atoms with Crippen LogP contribution in [0, 0.1) is 10.1 Å². The Labute approximate surface area is 91.7 Å². The quantitative estimate of drug-likeness (QED) is 0.615. The van der Waals surface area contributed by atoms with Crippen LogP contribution in [0.3, 0.4) is 0 Å². The van der Waals surface area contributed by atoms with Crippen LogP contribution in [-0.2, 0) is 0 Å². The van der Waals surface area contributed by atoms with Gasteiger partial charge in [-0.1, -0.05) is 0 Å². The first-order chi connectivity index (χ1) is 7.68. The molecule has 0 spiro atoms. The zero-order valence-corrected chi connectivity index (χ0v) is 8.33. The molecule has 1 heterocycles. The van der Waals surface area contributed by atoms with Gasteiger partial charge in [-0.2, -0.15) is 0 Å². The van der Waals surface area contributed by atoms with Crippen molar-refractivity contribution in [1.29, 1.82) is 0 Å². The van der Waals surface area contributed by atoms with Gasteiger partial charge in [0.15, 0.2) is 0 Å². The van der Waals surface area contributed by atoms with Crippen molar-refractivity contribution in [3.05, 3.63) is 52.7 Å². The second kappa shape index (κ2) is 3.98.